The van der Waals surface area contributed by atoms with Gasteiger partial charge in [0.15, 0.2) is 6.29 Å². The van der Waals surface area contributed by atoms with Crippen LogP contribution in [0.5, 0.6) is 0 Å². The number of rotatable bonds is 8. The van der Waals surface area contributed by atoms with Crippen LogP contribution in [-0.2, 0) is 11.2 Å². The van der Waals surface area contributed by atoms with Gasteiger partial charge in [-0.25, -0.2) is 9.48 Å². The number of carbonyl (C=O) groups is 2. The minimum atomic E-state index is -0.559. The Balaban J connectivity index is 1.46. The normalized spacial score (nSPS) is 19.9. The molecular formula is C26H32N6O2. The van der Waals surface area contributed by atoms with Crippen molar-refractivity contribution < 1.29 is 9.59 Å². The summed E-state index contributed by atoms with van der Waals surface area (Å²) in [6, 6.07) is 21.4. The number of urea groups is 1. The summed E-state index contributed by atoms with van der Waals surface area (Å²) in [6.07, 6.45) is 1.92. The highest BCUT2D eigenvalue weighted by Gasteiger charge is 2.34. The predicted octanol–water partition coefficient (Wildman–Crippen LogP) is 3.89. The van der Waals surface area contributed by atoms with Crippen LogP contribution in [0.3, 0.4) is 0 Å². The summed E-state index contributed by atoms with van der Waals surface area (Å²) < 4.78 is 1.63. The van der Waals surface area contributed by atoms with Gasteiger partial charge in [0.2, 0.25) is 5.91 Å². The van der Waals surface area contributed by atoms with Crippen LogP contribution in [0.25, 0.3) is 11.3 Å². The van der Waals surface area contributed by atoms with E-state index in [1.54, 1.807) is 4.68 Å². The van der Waals surface area contributed by atoms with E-state index in [0.29, 0.717) is 18.1 Å². The van der Waals surface area contributed by atoms with Crippen molar-refractivity contribution in [3.8, 4) is 11.3 Å². The third-order valence-corrected chi connectivity index (χ3v) is 6.14. The predicted molar refractivity (Wildman–Crippen MR) is 133 cm³/mol. The van der Waals surface area contributed by atoms with E-state index in [9.17, 15) is 9.59 Å². The number of carbonyl (C=O) groups excluding carboxylic acids is 2. The van der Waals surface area contributed by atoms with Crippen LogP contribution in [-0.4, -0.2) is 34.3 Å². The number of aryl methyl sites for hydroxylation is 1. The van der Waals surface area contributed by atoms with Crippen LogP contribution in [0.4, 0.5) is 10.6 Å². The Bertz CT molecular complexity index is 1100. The number of hydrogen-bond donors (Lipinski definition) is 4. The van der Waals surface area contributed by atoms with Gasteiger partial charge in [-0.15, -0.1) is 0 Å². The molecule has 0 radical (unpaired) electrons. The number of nitrogens with zero attached hydrogens (tertiary/aromatic N) is 2. The molecular weight excluding hydrogens is 428 g/mol. The van der Waals surface area contributed by atoms with Gasteiger partial charge >= 0.3 is 6.03 Å². The van der Waals surface area contributed by atoms with Gasteiger partial charge in [-0.2, -0.15) is 5.10 Å². The molecule has 1 saturated heterocycles. The van der Waals surface area contributed by atoms with Crippen molar-refractivity contribution in [3.05, 3.63) is 72.3 Å². The van der Waals surface area contributed by atoms with E-state index in [1.165, 1.54) is 5.56 Å². The lowest BCUT2D eigenvalue weighted by molar-refractivity contribution is -0.130. The Morgan fingerprint density at radius 3 is 2.47 bits per heavy atom. The van der Waals surface area contributed by atoms with Crippen molar-refractivity contribution in [1.82, 2.24) is 25.7 Å². The minimum Gasteiger partial charge on any atom is -0.338 e. The smallest absolute Gasteiger partial charge is 0.320 e. The molecule has 1 aromatic heterocycles. The van der Waals surface area contributed by atoms with Gasteiger partial charge in [-0.1, -0.05) is 67.6 Å². The molecule has 0 saturated carbocycles. The molecule has 8 nitrogen and oxygen atoms in total. The van der Waals surface area contributed by atoms with E-state index in [2.05, 4.69) is 33.4 Å². The fraction of sp³-hybridized carbons (Fsp3) is 0.346. The molecule has 3 unspecified atom stereocenters. The van der Waals surface area contributed by atoms with Crippen LogP contribution in [0.2, 0.25) is 0 Å². The van der Waals surface area contributed by atoms with Crippen LogP contribution in [0, 0.1) is 5.92 Å². The van der Waals surface area contributed by atoms with Crippen molar-refractivity contribution in [2.24, 2.45) is 5.92 Å². The second-order valence-electron chi connectivity index (χ2n) is 8.58. The molecule has 3 atom stereocenters. The zero-order chi connectivity index (χ0) is 23.9. The molecule has 2 aromatic carbocycles. The SMILES string of the molecule is CCC1C(=O)NC(n2nc(-c3ccccc3)cc2NC(=O)NCCCc2ccccc2)NC1C. The second-order valence-corrected chi connectivity index (χ2v) is 8.58. The topological polar surface area (TPSA) is 100 Å². The Morgan fingerprint density at radius 2 is 1.79 bits per heavy atom. The third-order valence-electron chi connectivity index (χ3n) is 6.14. The molecule has 2 heterocycles. The lowest BCUT2D eigenvalue weighted by Gasteiger charge is -2.35. The maximum atomic E-state index is 12.7. The van der Waals surface area contributed by atoms with Crippen LogP contribution in [0.15, 0.2) is 66.7 Å². The number of anilines is 1. The first-order chi connectivity index (χ1) is 16.5. The summed E-state index contributed by atoms with van der Waals surface area (Å²) in [6.45, 7) is 4.54. The molecule has 1 aliphatic heterocycles. The van der Waals surface area contributed by atoms with Gasteiger partial charge in [0.25, 0.3) is 0 Å². The van der Waals surface area contributed by atoms with E-state index in [0.717, 1.165) is 24.8 Å². The van der Waals surface area contributed by atoms with E-state index in [1.807, 2.05) is 68.4 Å². The molecule has 4 rings (SSSR count). The molecule has 0 spiro atoms. The molecule has 178 valence electrons. The van der Waals surface area contributed by atoms with E-state index >= 15 is 0 Å². The molecule has 3 aromatic rings. The molecule has 8 heteroatoms. The first-order valence-corrected chi connectivity index (χ1v) is 11.9. The summed E-state index contributed by atoms with van der Waals surface area (Å²) in [5.74, 6) is 0.371. The standard InChI is InChI=1S/C26H32N6O2/c1-3-21-18(2)28-25(30-24(21)33)32-23(17-22(31-32)20-14-8-5-9-15-20)29-26(34)27-16-10-13-19-11-6-4-7-12-19/h4-9,11-12,14-15,17-18,21,25,28H,3,10,13,16H2,1-2H3,(H,30,33)(H2,27,29,34). The Hall–Kier alpha value is -3.65. The van der Waals surface area contributed by atoms with Gasteiger partial charge in [0.1, 0.15) is 5.82 Å². The summed E-state index contributed by atoms with van der Waals surface area (Å²) >= 11 is 0. The largest absolute Gasteiger partial charge is 0.338 e. The van der Waals surface area contributed by atoms with Crippen molar-refractivity contribution in [1.29, 1.82) is 0 Å². The number of benzene rings is 2. The van der Waals surface area contributed by atoms with E-state index in [4.69, 9.17) is 5.10 Å². The molecule has 0 bridgehead atoms. The maximum Gasteiger partial charge on any atom is 0.320 e. The molecule has 0 aliphatic carbocycles. The van der Waals surface area contributed by atoms with Crippen molar-refractivity contribution in [2.75, 3.05) is 11.9 Å². The van der Waals surface area contributed by atoms with E-state index in [-0.39, 0.29) is 23.9 Å². The molecule has 34 heavy (non-hydrogen) atoms. The Labute approximate surface area is 200 Å². The highest BCUT2D eigenvalue weighted by molar-refractivity contribution is 5.89. The number of aromatic nitrogens is 2. The van der Waals surface area contributed by atoms with E-state index < -0.39 is 6.29 Å². The highest BCUT2D eigenvalue weighted by atomic mass is 16.2. The Kier molecular flexibility index (Phi) is 7.59. The average molecular weight is 461 g/mol. The molecule has 3 amide bonds. The lowest BCUT2D eigenvalue weighted by atomic mass is 9.95. The van der Waals surface area contributed by atoms with Crippen molar-refractivity contribution >= 4 is 17.8 Å². The third kappa shape index (κ3) is 5.63. The van der Waals surface area contributed by atoms with Gasteiger partial charge < -0.3 is 10.6 Å². The summed E-state index contributed by atoms with van der Waals surface area (Å²) in [4.78, 5) is 25.3. The molecule has 4 N–H and O–H groups in total. The van der Waals surface area contributed by atoms with Gasteiger partial charge in [0.05, 0.1) is 11.6 Å². The quantitative estimate of drug-likeness (QED) is 0.383. The lowest BCUT2D eigenvalue weighted by Crippen LogP contribution is -2.57. The highest BCUT2D eigenvalue weighted by Crippen LogP contribution is 2.26. The fourth-order valence-electron chi connectivity index (χ4n) is 4.28. The zero-order valence-corrected chi connectivity index (χ0v) is 19.6. The van der Waals surface area contributed by atoms with Gasteiger partial charge in [0, 0.05) is 24.2 Å². The second kappa shape index (κ2) is 11.0. The van der Waals surface area contributed by atoms with Crippen molar-refractivity contribution in [3.63, 3.8) is 0 Å². The number of hydrogen-bond acceptors (Lipinski definition) is 4. The van der Waals surface area contributed by atoms with Crippen LogP contribution in [0.1, 0.15) is 38.5 Å². The minimum absolute atomic E-state index is 0.0206. The monoisotopic (exact) mass is 460 g/mol. The number of amides is 3. The first-order valence-electron chi connectivity index (χ1n) is 11.9. The first kappa shape index (κ1) is 23.5. The number of nitrogens with one attached hydrogen (secondary N) is 4. The van der Waals surface area contributed by atoms with Gasteiger partial charge in [-0.05, 0) is 31.7 Å². The van der Waals surface area contributed by atoms with Crippen LogP contribution >= 0.6 is 0 Å². The summed E-state index contributed by atoms with van der Waals surface area (Å²) in [5, 5.41) is 16.9. The zero-order valence-electron chi connectivity index (χ0n) is 19.6. The summed E-state index contributed by atoms with van der Waals surface area (Å²) in [7, 11) is 0. The average Bonchev–Trinajstić information content (AvgIpc) is 3.26. The molecule has 1 aliphatic rings. The Morgan fingerprint density at radius 1 is 1.09 bits per heavy atom. The van der Waals surface area contributed by atoms with Crippen LogP contribution < -0.4 is 21.3 Å². The van der Waals surface area contributed by atoms with Gasteiger partial charge in [-0.3, -0.25) is 15.4 Å². The molecule has 1 fully saturated rings. The maximum absolute atomic E-state index is 12.7. The fourth-order valence-corrected chi connectivity index (χ4v) is 4.28. The van der Waals surface area contributed by atoms with Crippen molar-refractivity contribution in [2.45, 2.75) is 45.4 Å². The summed E-state index contributed by atoms with van der Waals surface area (Å²) in [5.41, 5.74) is 2.88.